The summed E-state index contributed by atoms with van der Waals surface area (Å²) in [6, 6.07) is 12.6. The molecule has 1 fully saturated rings. The Bertz CT molecular complexity index is 1400. The first-order valence-corrected chi connectivity index (χ1v) is 12.3. The van der Waals surface area contributed by atoms with Crippen LogP contribution in [-0.2, 0) is 10.3 Å². The molecule has 4 aromatic rings. The predicted molar refractivity (Wildman–Crippen MR) is 139 cm³/mol. The summed E-state index contributed by atoms with van der Waals surface area (Å²) < 4.78 is 6.75. The van der Waals surface area contributed by atoms with Crippen LogP contribution in [0, 0.1) is 5.41 Å². The van der Waals surface area contributed by atoms with E-state index in [0.717, 1.165) is 31.9 Å². The summed E-state index contributed by atoms with van der Waals surface area (Å²) in [7, 11) is 0. The number of benzene rings is 1. The molecule has 0 saturated heterocycles. The van der Waals surface area contributed by atoms with Crippen molar-refractivity contribution < 1.29 is 14.3 Å². The average molecular weight is 503 g/mol. The van der Waals surface area contributed by atoms with Gasteiger partial charge in [0.15, 0.2) is 11.4 Å². The maximum Gasteiger partial charge on any atom is 0.250 e. The largest absolute Gasteiger partial charge is 0.461 e. The zero-order chi connectivity index (χ0) is 26.0. The van der Waals surface area contributed by atoms with Crippen molar-refractivity contribution >= 4 is 29.5 Å². The minimum absolute atomic E-state index is 0.0381. The first-order chi connectivity index (χ1) is 17.9. The monoisotopic (exact) mass is 502 g/mol. The lowest BCUT2D eigenvalue weighted by Crippen LogP contribution is -2.51. The van der Waals surface area contributed by atoms with Crippen molar-refractivity contribution in [2.75, 3.05) is 11.1 Å². The van der Waals surface area contributed by atoms with E-state index in [1.165, 1.54) is 10.8 Å². The fourth-order valence-electron chi connectivity index (χ4n) is 4.78. The van der Waals surface area contributed by atoms with Gasteiger partial charge in [-0.05, 0) is 43.9 Å². The van der Waals surface area contributed by atoms with Crippen LogP contribution in [0.4, 0.5) is 11.8 Å². The molecule has 1 aliphatic carbocycles. The fourth-order valence-corrected chi connectivity index (χ4v) is 4.78. The van der Waals surface area contributed by atoms with Crippen LogP contribution in [0.5, 0.6) is 0 Å². The summed E-state index contributed by atoms with van der Waals surface area (Å²) in [5.41, 5.74) is 6.30. The van der Waals surface area contributed by atoms with E-state index in [2.05, 4.69) is 25.7 Å². The first kappa shape index (κ1) is 24.4. The zero-order valence-corrected chi connectivity index (χ0v) is 20.5. The number of fused-ring (bicyclic) bond motifs is 1. The molecule has 37 heavy (non-hydrogen) atoms. The van der Waals surface area contributed by atoms with Crippen molar-refractivity contribution in [3.05, 3.63) is 59.9 Å². The Labute approximate surface area is 213 Å². The first-order valence-electron chi connectivity index (χ1n) is 12.3. The number of nitrogens with zero attached hydrogens (tertiary/aromatic N) is 4. The van der Waals surface area contributed by atoms with E-state index < -0.39 is 11.6 Å². The van der Waals surface area contributed by atoms with Gasteiger partial charge in [-0.2, -0.15) is 9.50 Å². The average Bonchev–Trinajstić information content (AvgIpc) is 3.54. The topological polar surface area (TPSA) is 167 Å². The summed E-state index contributed by atoms with van der Waals surface area (Å²) in [5, 5.41) is 29.2. The number of nitrogens with two attached hydrogens (primary N) is 1. The number of carbonyl (C=O) groups is 1. The molecule has 1 amide bonds. The smallest absolute Gasteiger partial charge is 0.250 e. The van der Waals surface area contributed by atoms with E-state index in [4.69, 9.17) is 15.6 Å². The van der Waals surface area contributed by atoms with E-state index >= 15 is 0 Å². The van der Waals surface area contributed by atoms with E-state index in [9.17, 15) is 9.90 Å². The van der Waals surface area contributed by atoms with Crippen molar-refractivity contribution in [3.63, 3.8) is 0 Å². The lowest BCUT2D eigenvalue weighted by atomic mass is 9.89. The van der Waals surface area contributed by atoms with Crippen LogP contribution in [-0.4, -0.2) is 49.0 Å². The van der Waals surface area contributed by atoms with Crippen LogP contribution in [0.25, 0.3) is 17.2 Å². The molecule has 1 aromatic carbocycles. The van der Waals surface area contributed by atoms with Crippen LogP contribution < -0.4 is 16.4 Å². The zero-order valence-electron chi connectivity index (χ0n) is 20.5. The van der Waals surface area contributed by atoms with Gasteiger partial charge in [0.05, 0.1) is 17.9 Å². The van der Waals surface area contributed by atoms with Gasteiger partial charge in [0.2, 0.25) is 17.7 Å². The minimum atomic E-state index is -1.27. The second-order valence-corrected chi connectivity index (χ2v) is 9.49. The standard InChI is InChI=1S/C26H30N8O3/c1-26(16-8-3-2-4-9-16,24(36)29-17-10-5-6-11-18(35)14-17)32-21-19(15-27)23-30-22(20-12-7-13-37-20)33-34(23)25(28)31-21/h2-4,7-9,12-13,15,17-18,27,32,35H,5-6,10-11,14H2,1H3,(H2,28,31)(H,29,36). The van der Waals surface area contributed by atoms with Gasteiger partial charge in [-0.1, -0.05) is 43.2 Å². The van der Waals surface area contributed by atoms with Gasteiger partial charge in [0.25, 0.3) is 0 Å². The molecule has 1 saturated carbocycles. The molecule has 0 aliphatic heterocycles. The number of aliphatic hydroxyl groups is 1. The van der Waals surface area contributed by atoms with Crippen LogP contribution in [0.3, 0.4) is 0 Å². The maximum absolute atomic E-state index is 13.8. The van der Waals surface area contributed by atoms with Gasteiger partial charge >= 0.3 is 0 Å². The van der Waals surface area contributed by atoms with Gasteiger partial charge in [-0.25, -0.2) is 4.98 Å². The Balaban J connectivity index is 1.55. The molecule has 3 aromatic heterocycles. The fraction of sp³-hybridized carbons (Fsp3) is 0.346. The number of aliphatic hydroxyl groups excluding tert-OH is 1. The van der Waals surface area contributed by atoms with Gasteiger partial charge < -0.3 is 31.3 Å². The molecule has 3 heterocycles. The molecule has 192 valence electrons. The van der Waals surface area contributed by atoms with Crippen molar-refractivity contribution in [2.45, 2.75) is 56.7 Å². The number of amides is 1. The van der Waals surface area contributed by atoms with E-state index in [1.54, 1.807) is 19.1 Å². The highest BCUT2D eigenvalue weighted by Gasteiger charge is 2.38. The normalized spacial score (nSPS) is 19.6. The Kier molecular flexibility index (Phi) is 6.62. The third kappa shape index (κ3) is 4.77. The molecular formula is C26H30N8O3. The Morgan fingerprint density at radius 3 is 2.73 bits per heavy atom. The number of carbonyl (C=O) groups excluding carboxylic acids is 1. The number of anilines is 2. The molecular weight excluding hydrogens is 472 g/mol. The highest BCUT2D eigenvalue weighted by Crippen LogP contribution is 2.31. The van der Waals surface area contributed by atoms with Crippen LogP contribution in [0.2, 0.25) is 0 Å². The van der Waals surface area contributed by atoms with Gasteiger partial charge in [0, 0.05) is 12.3 Å². The van der Waals surface area contributed by atoms with Crippen molar-refractivity contribution in [1.82, 2.24) is 24.9 Å². The predicted octanol–water partition coefficient (Wildman–Crippen LogP) is 3.10. The highest BCUT2D eigenvalue weighted by molar-refractivity contribution is 5.96. The maximum atomic E-state index is 13.8. The van der Waals surface area contributed by atoms with Gasteiger partial charge in [-0.15, -0.1) is 5.10 Å². The lowest BCUT2D eigenvalue weighted by molar-refractivity contribution is -0.126. The second kappa shape index (κ2) is 10.0. The van der Waals surface area contributed by atoms with Crippen molar-refractivity contribution in [1.29, 1.82) is 5.41 Å². The minimum Gasteiger partial charge on any atom is -0.461 e. The van der Waals surface area contributed by atoms with E-state index in [0.29, 0.717) is 34.8 Å². The number of hydrogen-bond donors (Lipinski definition) is 5. The van der Waals surface area contributed by atoms with E-state index in [1.807, 2.05) is 30.3 Å². The quantitative estimate of drug-likeness (QED) is 0.190. The Hall–Kier alpha value is -4.25. The molecule has 0 bridgehead atoms. The number of furan rings is 1. The lowest BCUT2D eigenvalue weighted by Gasteiger charge is -2.33. The highest BCUT2D eigenvalue weighted by atomic mass is 16.3. The summed E-state index contributed by atoms with van der Waals surface area (Å²) in [5.74, 6) is 0.741. The Morgan fingerprint density at radius 1 is 1.22 bits per heavy atom. The Morgan fingerprint density at radius 2 is 2.00 bits per heavy atom. The molecule has 5 rings (SSSR count). The van der Waals surface area contributed by atoms with Crippen LogP contribution in [0.1, 0.15) is 50.2 Å². The number of nitrogen functional groups attached to an aromatic ring is 1. The summed E-state index contributed by atoms with van der Waals surface area (Å²) in [4.78, 5) is 22.8. The molecule has 3 unspecified atom stereocenters. The third-order valence-electron chi connectivity index (χ3n) is 6.84. The molecule has 0 radical (unpaired) electrons. The molecule has 0 spiro atoms. The number of aromatic nitrogens is 4. The molecule has 1 aliphatic rings. The SMILES string of the molecule is CC(Nc1nc(N)n2nc(-c3ccco3)nc2c1C=N)(C(=O)NC1CCCCC(O)C1)c1ccccc1. The molecule has 6 N–H and O–H groups in total. The van der Waals surface area contributed by atoms with Crippen LogP contribution in [0.15, 0.2) is 53.1 Å². The summed E-state index contributed by atoms with van der Waals surface area (Å²) in [6.45, 7) is 1.76. The van der Waals surface area contributed by atoms with Crippen LogP contribution >= 0.6 is 0 Å². The summed E-state index contributed by atoms with van der Waals surface area (Å²) >= 11 is 0. The van der Waals surface area contributed by atoms with Gasteiger partial charge in [-0.3, -0.25) is 4.79 Å². The third-order valence-corrected chi connectivity index (χ3v) is 6.84. The molecule has 3 atom stereocenters. The van der Waals surface area contributed by atoms with Crippen molar-refractivity contribution in [3.8, 4) is 11.6 Å². The van der Waals surface area contributed by atoms with E-state index in [-0.39, 0.29) is 23.7 Å². The number of nitrogens with one attached hydrogen (secondary N) is 3. The molecule has 11 heteroatoms. The summed E-state index contributed by atoms with van der Waals surface area (Å²) in [6.07, 6.45) is 6.11. The number of rotatable bonds is 7. The van der Waals surface area contributed by atoms with Gasteiger partial charge in [0.1, 0.15) is 11.4 Å². The molecule has 11 nitrogen and oxygen atoms in total. The van der Waals surface area contributed by atoms with Crippen molar-refractivity contribution in [2.24, 2.45) is 0 Å². The number of hydrogen-bond acceptors (Lipinski definition) is 9. The second-order valence-electron chi connectivity index (χ2n) is 9.49.